The predicted molar refractivity (Wildman–Crippen MR) is 127 cm³/mol. The Morgan fingerprint density at radius 1 is 1.33 bits per heavy atom. The number of primary amides is 1. The van der Waals surface area contributed by atoms with Gasteiger partial charge in [-0.2, -0.15) is 5.10 Å². The number of likely N-dealkylation sites (tertiary alicyclic amines) is 1. The van der Waals surface area contributed by atoms with Crippen LogP contribution in [-0.4, -0.2) is 39.6 Å². The van der Waals surface area contributed by atoms with Crippen molar-refractivity contribution in [2.24, 2.45) is 5.73 Å². The number of aromatic nitrogens is 2. The first kappa shape index (κ1) is 23.1. The molecule has 1 atom stereocenters. The maximum atomic E-state index is 15.1. The minimum absolute atomic E-state index is 0.0326. The lowest BCUT2D eigenvalue weighted by Crippen LogP contribution is -2.41. The quantitative estimate of drug-likeness (QED) is 0.404. The van der Waals surface area contributed by atoms with Crippen molar-refractivity contribution in [2.75, 3.05) is 18.4 Å². The molecule has 1 aliphatic heterocycles. The van der Waals surface area contributed by atoms with E-state index in [1.165, 1.54) is 18.2 Å². The van der Waals surface area contributed by atoms with Crippen LogP contribution in [0.3, 0.4) is 0 Å². The number of nitrogens with two attached hydrogens (primary N) is 1. The fraction of sp³-hybridized carbons (Fsp3) is 0.261. The largest absolute Gasteiger partial charge is 0.373 e. The number of nitrogens with zero attached hydrogens (tertiary/aromatic N) is 3. The average Bonchev–Trinajstić information content (AvgIpc) is 3.32. The first-order valence-electron chi connectivity index (χ1n) is 10.2. The number of halogens is 3. The highest BCUT2D eigenvalue weighted by molar-refractivity contribution is 6.42. The number of nitrogens with one attached hydrogen (secondary N) is 1. The third kappa shape index (κ3) is 4.16. The smallest absolute Gasteiger partial charge is 0.246 e. The van der Waals surface area contributed by atoms with Gasteiger partial charge in [-0.15, -0.1) is 0 Å². The van der Waals surface area contributed by atoms with Crippen LogP contribution in [0.25, 0.3) is 10.9 Å². The molecule has 3 N–H and O–H groups in total. The highest BCUT2D eigenvalue weighted by atomic mass is 35.5. The van der Waals surface area contributed by atoms with E-state index in [9.17, 15) is 9.59 Å². The van der Waals surface area contributed by atoms with Gasteiger partial charge in [0, 0.05) is 35.4 Å². The van der Waals surface area contributed by atoms with E-state index < -0.39 is 17.3 Å². The Kier molecular flexibility index (Phi) is 6.07. The van der Waals surface area contributed by atoms with Crippen LogP contribution >= 0.6 is 23.2 Å². The van der Waals surface area contributed by atoms with Crippen molar-refractivity contribution in [1.82, 2.24) is 14.7 Å². The van der Waals surface area contributed by atoms with Gasteiger partial charge in [-0.1, -0.05) is 29.8 Å². The molecule has 0 saturated carbocycles. The molecule has 4 rings (SSSR count). The zero-order valence-corrected chi connectivity index (χ0v) is 19.4. The summed E-state index contributed by atoms with van der Waals surface area (Å²) in [6, 6.07) is 8.17. The SMILES string of the molecule is C=CC(=O)N1CC[C@](Nc2ccc3c(C)n(CC(N)=O)nc3c2)(c2c(F)ccc(Cl)c2Cl)C1. The minimum atomic E-state index is -1.02. The Bertz CT molecular complexity index is 1290. The highest BCUT2D eigenvalue weighted by Gasteiger charge is 2.44. The van der Waals surface area contributed by atoms with Crippen LogP contribution in [0.15, 0.2) is 43.0 Å². The van der Waals surface area contributed by atoms with Gasteiger partial charge in [0.25, 0.3) is 0 Å². The molecule has 1 saturated heterocycles. The summed E-state index contributed by atoms with van der Waals surface area (Å²) < 4.78 is 16.6. The predicted octanol–water partition coefficient (Wildman–Crippen LogP) is 4.00. The third-order valence-corrected chi connectivity index (χ3v) is 6.77. The van der Waals surface area contributed by atoms with Crippen molar-refractivity contribution in [1.29, 1.82) is 0 Å². The molecule has 0 aliphatic carbocycles. The molecule has 172 valence electrons. The van der Waals surface area contributed by atoms with Crippen molar-refractivity contribution in [3.63, 3.8) is 0 Å². The summed E-state index contributed by atoms with van der Waals surface area (Å²) in [6.45, 7) is 5.92. The molecule has 10 heteroatoms. The van der Waals surface area contributed by atoms with Crippen LogP contribution in [0, 0.1) is 12.7 Å². The number of carbonyl (C=O) groups excluding carboxylic acids is 2. The van der Waals surface area contributed by atoms with Gasteiger partial charge in [-0.25, -0.2) is 4.39 Å². The zero-order valence-electron chi connectivity index (χ0n) is 17.9. The van der Waals surface area contributed by atoms with Gasteiger partial charge in [0.05, 0.1) is 21.1 Å². The normalized spacial score (nSPS) is 18.0. The average molecular weight is 490 g/mol. The number of fused-ring (bicyclic) bond motifs is 1. The van der Waals surface area contributed by atoms with Crippen molar-refractivity contribution >= 4 is 51.6 Å². The third-order valence-electron chi connectivity index (χ3n) is 5.97. The van der Waals surface area contributed by atoms with Gasteiger partial charge >= 0.3 is 0 Å². The van der Waals surface area contributed by atoms with Gasteiger partial charge < -0.3 is 16.0 Å². The van der Waals surface area contributed by atoms with Crippen molar-refractivity contribution < 1.29 is 14.0 Å². The minimum Gasteiger partial charge on any atom is -0.373 e. The molecule has 1 fully saturated rings. The first-order chi connectivity index (χ1) is 15.6. The summed E-state index contributed by atoms with van der Waals surface area (Å²) >= 11 is 12.7. The Hall–Kier alpha value is -3.10. The van der Waals surface area contributed by atoms with E-state index in [1.54, 1.807) is 15.6 Å². The second kappa shape index (κ2) is 8.68. The number of anilines is 1. The molecule has 0 spiro atoms. The number of amides is 2. The van der Waals surface area contributed by atoms with Gasteiger partial charge in [-0.05, 0) is 49.8 Å². The standard InChI is InChI=1S/C23H22Cl2FN5O2/c1-3-20(33)30-9-8-23(12-30,21-17(26)7-6-16(24)22(21)25)28-14-4-5-15-13(2)31(11-19(27)32)29-18(15)10-14/h3-7,10,28H,1,8-9,11-12H2,2H3,(H2,27,32)/t23-/m1/s1. The lowest BCUT2D eigenvalue weighted by atomic mass is 9.87. The number of aryl methyl sites for hydroxylation is 1. The van der Waals surface area contributed by atoms with Crippen LogP contribution in [-0.2, 0) is 21.7 Å². The van der Waals surface area contributed by atoms with Gasteiger partial charge in [0.1, 0.15) is 12.4 Å². The molecular weight excluding hydrogens is 468 g/mol. The molecule has 2 heterocycles. The molecule has 2 aromatic carbocycles. The van der Waals surface area contributed by atoms with E-state index in [0.29, 0.717) is 24.2 Å². The van der Waals surface area contributed by atoms with Crippen molar-refractivity contribution in [2.45, 2.75) is 25.4 Å². The topological polar surface area (TPSA) is 93.3 Å². The summed E-state index contributed by atoms with van der Waals surface area (Å²) in [7, 11) is 0. The van der Waals surface area contributed by atoms with Gasteiger partial charge in [0.2, 0.25) is 11.8 Å². The van der Waals surface area contributed by atoms with Crippen LogP contribution < -0.4 is 11.1 Å². The maximum absolute atomic E-state index is 15.1. The monoisotopic (exact) mass is 489 g/mol. The second-order valence-electron chi connectivity index (χ2n) is 8.08. The van der Waals surface area contributed by atoms with E-state index in [4.69, 9.17) is 28.9 Å². The van der Waals surface area contributed by atoms with Crippen LogP contribution in [0.5, 0.6) is 0 Å². The zero-order chi connectivity index (χ0) is 23.9. The van der Waals surface area contributed by atoms with Crippen LogP contribution in [0.2, 0.25) is 10.0 Å². The molecule has 2 amide bonds. The molecular formula is C23H22Cl2FN5O2. The number of hydrogen-bond acceptors (Lipinski definition) is 4. The number of rotatable bonds is 6. The molecule has 7 nitrogen and oxygen atoms in total. The lowest BCUT2D eigenvalue weighted by molar-refractivity contribution is -0.125. The van der Waals surface area contributed by atoms with Crippen molar-refractivity contribution in [3.8, 4) is 0 Å². The summed E-state index contributed by atoms with van der Waals surface area (Å²) in [6.07, 6.45) is 1.63. The molecule has 0 unspecified atom stereocenters. The molecule has 1 aliphatic rings. The van der Waals surface area contributed by atoms with Gasteiger partial charge in [0.15, 0.2) is 0 Å². The first-order valence-corrected chi connectivity index (χ1v) is 11.0. The number of carbonyl (C=O) groups is 2. The second-order valence-corrected chi connectivity index (χ2v) is 8.87. The van der Waals surface area contributed by atoms with E-state index in [1.807, 2.05) is 19.1 Å². The van der Waals surface area contributed by atoms with E-state index in [2.05, 4.69) is 17.0 Å². The van der Waals surface area contributed by atoms with Crippen molar-refractivity contribution in [3.05, 3.63) is 70.1 Å². The van der Waals surface area contributed by atoms with E-state index >= 15 is 4.39 Å². The lowest BCUT2D eigenvalue weighted by Gasteiger charge is -2.33. The Balaban J connectivity index is 1.79. The Morgan fingerprint density at radius 3 is 2.79 bits per heavy atom. The molecule has 0 bridgehead atoms. The highest BCUT2D eigenvalue weighted by Crippen LogP contribution is 2.43. The molecule has 0 radical (unpaired) electrons. The van der Waals surface area contributed by atoms with E-state index in [-0.39, 0.29) is 34.6 Å². The summed E-state index contributed by atoms with van der Waals surface area (Å²) in [5, 5.41) is 9.04. The maximum Gasteiger partial charge on any atom is 0.246 e. The summed E-state index contributed by atoms with van der Waals surface area (Å²) in [5.41, 5.74) is 6.58. The number of benzene rings is 2. The van der Waals surface area contributed by atoms with Gasteiger partial charge in [-0.3, -0.25) is 14.3 Å². The number of hydrogen-bond donors (Lipinski definition) is 2. The van der Waals surface area contributed by atoms with Crippen LogP contribution in [0.4, 0.5) is 10.1 Å². The van der Waals surface area contributed by atoms with E-state index in [0.717, 1.165) is 11.1 Å². The fourth-order valence-electron chi connectivity index (χ4n) is 4.38. The fourth-order valence-corrected chi connectivity index (χ4v) is 4.87. The Labute approximate surface area is 199 Å². The van der Waals surface area contributed by atoms with Crippen LogP contribution in [0.1, 0.15) is 17.7 Å². The summed E-state index contributed by atoms with van der Waals surface area (Å²) in [4.78, 5) is 25.2. The molecule has 33 heavy (non-hydrogen) atoms. The molecule has 3 aromatic rings. The summed E-state index contributed by atoms with van der Waals surface area (Å²) in [5.74, 6) is -1.27. The molecule has 1 aromatic heterocycles. The Morgan fingerprint density at radius 2 is 2.09 bits per heavy atom.